The number of ketones is 1. The number of primary amides is 1. The first-order valence-electron chi connectivity index (χ1n) is 8.72. The first kappa shape index (κ1) is 21.4. The summed E-state index contributed by atoms with van der Waals surface area (Å²) in [7, 11) is 0. The lowest BCUT2D eigenvalue weighted by molar-refractivity contribution is -0.125. The molecule has 0 spiro atoms. The lowest BCUT2D eigenvalue weighted by atomic mass is 9.96. The van der Waals surface area contributed by atoms with Crippen LogP contribution >= 0.6 is 11.8 Å². The van der Waals surface area contributed by atoms with Crippen LogP contribution in [0.4, 0.5) is 0 Å². The fourth-order valence-corrected chi connectivity index (χ4v) is 3.54. The van der Waals surface area contributed by atoms with E-state index in [1.165, 1.54) is 6.92 Å². The molecule has 0 aliphatic carbocycles. The monoisotopic (exact) mass is 398 g/mol. The quantitative estimate of drug-likeness (QED) is 0.664. The first-order chi connectivity index (χ1) is 13.3. The number of hydrogen-bond acceptors (Lipinski definition) is 5. The standard InChI is InChI=1S/C21H22N2O4S/c1-13(21(27)28-12-18(20(22)26)23-14(2)24)16-9-6-10-17(11-16)19(25)15-7-4-3-5-8-15/h3-11,13,18H,12H2,1-2H3,(H2,22,26)(H,23,24)/t13-,18-/m0/s1. The van der Waals surface area contributed by atoms with E-state index in [0.29, 0.717) is 16.7 Å². The minimum absolute atomic E-state index is 0.0563. The van der Waals surface area contributed by atoms with Gasteiger partial charge in [0.1, 0.15) is 6.04 Å². The smallest absolute Gasteiger partial charge is 0.240 e. The SMILES string of the molecule is CC(=O)N[C@@H](CSC(=O)[C@@H](C)c1cccc(C(=O)c2ccccc2)c1)C(N)=O. The second-order valence-electron chi connectivity index (χ2n) is 6.33. The van der Waals surface area contributed by atoms with Gasteiger partial charge in [0.15, 0.2) is 10.9 Å². The normalized spacial score (nSPS) is 12.6. The van der Waals surface area contributed by atoms with E-state index in [4.69, 9.17) is 5.73 Å². The summed E-state index contributed by atoms with van der Waals surface area (Å²) in [6.45, 7) is 3.01. The maximum absolute atomic E-state index is 12.6. The summed E-state index contributed by atoms with van der Waals surface area (Å²) in [4.78, 5) is 47.6. The topological polar surface area (TPSA) is 106 Å². The van der Waals surface area contributed by atoms with Crippen molar-refractivity contribution in [2.75, 3.05) is 5.75 Å². The van der Waals surface area contributed by atoms with E-state index in [-0.39, 0.29) is 16.7 Å². The third-order valence-electron chi connectivity index (χ3n) is 4.15. The molecule has 0 saturated heterocycles. The van der Waals surface area contributed by atoms with Crippen LogP contribution in [0.3, 0.4) is 0 Å². The Hall–Kier alpha value is -2.93. The number of carbonyl (C=O) groups excluding carboxylic acids is 4. The van der Waals surface area contributed by atoms with Crippen molar-refractivity contribution in [2.45, 2.75) is 25.8 Å². The maximum Gasteiger partial charge on any atom is 0.240 e. The van der Waals surface area contributed by atoms with Crippen molar-refractivity contribution in [3.8, 4) is 0 Å². The zero-order valence-corrected chi connectivity index (χ0v) is 16.5. The van der Waals surface area contributed by atoms with Crippen LogP contribution in [0.15, 0.2) is 54.6 Å². The number of benzene rings is 2. The molecule has 3 N–H and O–H groups in total. The van der Waals surface area contributed by atoms with Crippen molar-refractivity contribution in [1.29, 1.82) is 0 Å². The van der Waals surface area contributed by atoms with Crippen molar-refractivity contribution in [2.24, 2.45) is 5.73 Å². The largest absolute Gasteiger partial charge is 0.368 e. The highest BCUT2D eigenvalue weighted by Gasteiger charge is 2.22. The minimum atomic E-state index is -0.912. The summed E-state index contributed by atoms with van der Waals surface area (Å²) >= 11 is 0.929. The molecule has 2 rings (SSSR count). The highest BCUT2D eigenvalue weighted by Crippen LogP contribution is 2.24. The molecule has 2 aromatic carbocycles. The summed E-state index contributed by atoms with van der Waals surface area (Å²) in [5.41, 5.74) is 7.03. The molecule has 146 valence electrons. The molecule has 0 radical (unpaired) electrons. The fourth-order valence-electron chi connectivity index (χ4n) is 2.57. The number of hydrogen-bond donors (Lipinski definition) is 2. The van der Waals surface area contributed by atoms with Crippen molar-refractivity contribution in [1.82, 2.24) is 5.32 Å². The van der Waals surface area contributed by atoms with Gasteiger partial charge in [-0.1, -0.05) is 67.2 Å². The van der Waals surface area contributed by atoms with Gasteiger partial charge < -0.3 is 11.1 Å². The maximum atomic E-state index is 12.6. The van der Waals surface area contributed by atoms with Crippen LogP contribution in [0, 0.1) is 0 Å². The van der Waals surface area contributed by atoms with E-state index in [2.05, 4.69) is 5.32 Å². The van der Waals surface area contributed by atoms with Gasteiger partial charge in [0.05, 0.1) is 5.92 Å². The Morgan fingerprint density at radius 2 is 1.64 bits per heavy atom. The first-order valence-corrected chi connectivity index (χ1v) is 9.71. The molecule has 0 aromatic heterocycles. The van der Waals surface area contributed by atoms with Crippen LogP contribution in [0.1, 0.15) is 41.3 Å². The Morgan fingerprint density at radius 1 is 1.00 bits per heavy atom. The number of carbonyl (C=O) groups is 4. The Labute approximate surface area is 167 Å². The molecule has 7 heteroatoms. The summed E-state index contributed by atoms with van der Waals surface area (Å²) in [5.74, 6) is -1.63. The average Bonchev–Trinajstić information content (AvgIpc) is 2.70. The lowest BCUT2D eigenvalue weighted by Gasteiger charge is -2.15. The molecule has 0 fully saturated rings. The molecule has 0 unspecified atom stereocenters. The van der Waals surface area contributed by atoms with Gasteiger partial charge in [0.25, 0.3) is 0 Å². The number of rotatable bonds is 8. The van der Waals surface area contributed by atoms with E-state index in [1.54, 1.807) is 55.5 Å². The highest BCUT2D eigenvalue weighted by molar-refractivity contribution is 8.13. The van der Waals surface area contributed by atoms with Gasteiger partial charge in [-0.15, -0.1) is 0 Å². The Morgan fingerprint density at radius 3 is 2.25 bits per heavy atom. The highest BCUT2D eigenvalue weighted by atomic mass is 32.2. The summed E-state index contributed by atoms with van der Waals surface area (Å²) < 4.78 is 0. The van der Waals surface area contributed by atoms with Gasteiger partial charge in [-0.05, 0) is 11.6 Å². The molecular weight excluding hydrogens is 376 g/mol. The molecular formula is C21H22N2O4S. The predicted octanol–water partition coefficient (Wildman–Crippen LogP) is 2.27. The third-order valence-corrected chi connectivity index (χ3v) is 5.29. The Bertz CT molecular complexity index is 883. The molecule has 0 heterocycles. The van der Waals surface area contributed by atoms with E-state index in [9.17, 15) is 19.2 Å². The van der Waals surface area contributed by atoms with E-state index in [1.807, 2.05) is 6.07 Å². The molecule has 6 nitrogen and oxygen atoms in total. The van der Waals surface area contributed by atoms with Crippen LogP contribution in [0.25, 0.3) is 0 Å². The van der Waals surface area contributed by atoms with E-state index >= 15 is 0 Å². The molecule has 2 amide bonds. The number of nitrogens with two attached hydrogens (primary N) is 1. The summed E-state index contributed by atoms with van der Waals surface area (Å²) in [6, 6.07) is 14.9. The van der Waals surface area contributed by atoms with Gasteiger partial charge >= 0.3 is 0 Å². The van der Waals surface area contributed by atoms with Crippen LogP contribution in [-0.2, 0) is 14.4 Å². The number of amides is 2. The van der Waals surface area contributed by atoms with Gasteiger partial charge in [0, 0.05) is 23.8 Å². The predicted molar refractivity (Wildman–Crippen MR) is 109 cm³/mol. The molecule has 28 heavy (non-hydrogen) atoms. The molecule has 2 atom stereocenters. The van der Waals surface area contributed by atoms with Gasteiger partial charge in [-0.3, -0.25) is 19.2 Å². The van der Waals surface area contributed by atoms with Crippen LogP contribution in [0.5, 0.6) is 0 Å². The molecule has 0 saturated carbocycles. The zero-order valence-electron chi connectivity index (χ0n) is 15.7. The zero-order chi connectivity index (χ0) is 20.7. The summed E-state index contributed by atoms with van der Waals surface area (Å²) in [6.07, 6.45) is 0. The Balaban J connectivity index is 2.08. The van der Waals surface area contributed by atoms with Crippen molar-refractivity contribution in [3.05, 3.63) is 71.3 Å². The van der Waals surface area contributed by atoms with Crippen LogP contribution < -0.4 is 11.1 Å². The van der Waals surface area contributed by atoms with Gasteiger partial charge in [-0.2, -0.15) is 0 Å². The van der Waals surface area contributed by atoms with Gasteiger partial charge in [-0.25, -0.2) is 0 Å². The average molecular weight is 398 g/mol. The van der Waals surface area contributed by atoms with Crippen molar-refractivity contribution >= 4 is 34.5 Å². The van der Waals surface area contributed by atoms with Gasteiger partial charge in [0.2, 0.25) is 11.8 Å². The van der Waals surface area contributed by atoms with Crippen LogP contribution in [-0.4, -0.2) is 34.5 Å². The fraction of sp³-hybridized carbons (Fsp3) is 0.238. The second-order valence-corrected chi connectivity index (χ2v) is 7.35. The molecule has 0 aliphatic rings. The molecule has 2 aromatic rings. The summed E-state index contributed by atoms with van der Waals surface area (Å²) in [5, 5.41) is 2.24. The van der Waals surface area contributed by atoms with Crippen molar-refractivity contribution in [3.63, 3.8) is 0 Å². The van der Waals surface area contributed by atoms with Crippen molar-refractivity contribution < 1.29 is 19.2 Å². The second kappa shape index (κ2) is 9.85. The molecule has 0 bridgehead atoms. The minimum Gasteiger partial charge on any atom is -0.368 e. The molecule has 0 aliphatic heterocycles. The lowest BCUT2D eigenvalue weighted by Crippen LogP contribution is -2.45. The third kappa shape index (κ3) is 5.79. The number of thioether (sulfide) groups is 1. The van der Waals surface area contributed by atoms with E-state index < -0.39 is 23.8 Å². The number of nitrogens with one attached hydrogen (secondary N) is 1. The van der Waals surface area contributed by atoms with E-state index in [0.717, 1.165) is 11.8 Å². The Kier molecular flexibility index (Phi) is 7.52. The van der Waals surface area contributed by atoms with Crippen LogP contribution in [0.2, 0.25) is 0 Å².